The average Bonchev–Trinajstić information content (AvgIpc) is 0.848. The van der Waals surface area contributed by atoms with Crippen molar-refractivity contribution in [1.82, 2.24) is 0 Å². The lowest BCUT2D eigenvalue weighted by Crippen LogP contribution is -2.48. The van der Waals surface area contributed by atoms with E-state index in [1.165, 1.54) is 0 Å². The first-order valence-corrected chi connectivity index (χ1v) is 41.6. The highest BCUT2D eigenvalue weighted by Gasteiger charge is 2.50. The Morgan fingerprint density at radius 1 is 0.202 bits per heavy atom. The van der Waals surface area contributed by atoms with Crippen LogP contribution in [0.15, 0.2) is 0 Å². The Balaban J connectivity index is 8.02. The van der Waals surface area contributed by atoms with E-state index >= 15 is 19.2 Å². The molecule has 0 aromatic heterocycles. The standard InChI is InChI=1S/C84H158O10/c1-10-19-28-37-46-55-64-81(65-56-47-38-29-20-11-2,66-57-48-39-30-21-12-3)77(87)92-75(85)73-84(91,80(90)94-79(89)83(70-61-52-43-34-25-16-7,71-62-53-44-35-26-17-8)72-63-54-45-36-27-18-9)74-76(86)93-78(88)82(67-58-49-40-31-22-13-4,68-59-50-41-32-23-14-5)69-60-51-42-33-24-15-6/h91H,10-74H2,1-9H3. The van der Waals surface area contributed by atoms with Crippen molar-refractivity contribution in [2.45, 2.75) is 485 Å². The summed E-state index contributed by atoms with van der Waals surface area (Å²) in [5, 5.41) is 13.1. The summed E-state index contributed by atoms with van der Waals surface area (Å²) in [5.41, 5.74) is -5.93. The Hall–Kier alpha value is -2.62. The molecule has 0 fully saturated rings. The van der Waals surface area contributed by atoms with E-state index in [1.54, 1.807) is 0 Å². The Bertz CT molecular complexity index is 1600. The normalized spacial score (nSPS) is 12.2. The highest BCUT2D eigenvalue weighted by atomic mass is 16.6. The Labute approximate surface area is 582 Å². The molecule has 0 amide bonds. The first kappa shape index (κ1) is 91.4. The van der Waals surface area contributed by atoms with Crippen LogP contribution >= 0.6 is 0 Å². The number of carbonyl (C=O) groups excluding carboxylic acids is 6. The predicted octanol–water partition coefficient (Wildman–Crippen LogP) is 26.4. The quantitative estimate of drug-likeness (QED) is 0.0270. The molecule has 0 heterocycles. The van der Waals surface area contributed by atoms with Crippen molar-refractivity contribution >= 4 is 35.8 Å². The summed E-state index contributed by atoms with van der Waals surface area (Å²) in [4.78, 5) is 90.9. The third-order valence-electron chi connectivity index (χ3n) is 21.2. The van der Waals surface area contributed by atoms with Crippen molar-refractivity contribution in [3.05, 3.63) is 0 Å². The third-order valence-corrected chi connectivity index (χ3v) is 21.2. The van der Waals surface area contributed by atoms with E-state index in [4.69, 9.17) is 14.2 Å². The highest BCUT2D eigenvalue weighted by molar-refractivity contribution is 5.99. The van der Waals surface area contributed by atoms with Crippen LogP contribution in [0.5, 0.6) is 0 Å². The van der Waals surface area contributed by atoms with E-state index in [9.17, 15) is 14.7 Å². The molecular formula is C84H158O10. The lowest BCUT2D eigenvalue weighted by molar-refractivity contribution is -0.190. The largest absolute Gasteiger partial charge is 0.393 e. The lowest BCUT2D eigenvalue weighted by Gasteiger charge is -2.34. The zero-order valence-electron chi connectivity index (χ0n) is 64.1. The summed E-state index contributed by atoms with van der Waals surface area (Å²) in [6.07, 6.45) is 58.8. The Morgan fingerprint density at radius 3 is 0.500 bits per heavy atom. The molecule has 10 nitrogen and oxygen atoms in total. The van der Waals surface area contributed by atoms with Crippen molar-refractivity contribution in [3.63, 3.8) is 0 Å². The molecule has 1 N–H and O–H groups in total. The van der Waals surface area contributed by atoms with Crippen molar-refractivity contribution < 1.29 is 48.1 Å². The van der Waals surface area contributed by atoms with Crippen LogP contribution < -0.4 is 0 Å². The van der Waals surface area contributed by atoms with Gasteiger partial charge in [-0.25, -0.2) is 4.79 Å². The molecule has 0 aromatic rings. The number of hydrogen-bond acceptors (Lipinski definition) is 10. The highest BCUT2D eigenvalue weighted by Crippen LogP contribution is 2.43. The first-order chi connectivity index (χ1) is 45.6. The summed E-state index contributed by atoms with van der Waals surface area (Å²) in [6, 6.07) is 0. The molecule has 554 valence electrons. The molecule has 0 rings (SSSR count). The molecule has 0 saturated heterocycles. The fraction of sp³-hybridized carbons (Fsp3) is 0.929. The number of hydrogen-bond donors (Lipinski definition) is 1. The van der Waals surface area contributed by atoms with Crippen LogP contribution in [-0.4, -0.2) is 46.5 Å². The van der Waals surface area contributed by atoms with E-state index in [0.717, 1.165) is 347 Å². The van der Waals surface area contributed by atoms with Gasteiger partial charge in [-0.15, -0.1) is 0 Å². The predicted molar refractivity (Wildman–Crippen MR) is 397 cm³/mol. The van der Waals surface area contributed by atoms with Crippen LogP contribution in [0.3, 0.4) is 0 Å². The zero-order chi connectivity index (χ0) is 69.5. The zero-order valence-corrected chi connectivity index (χ0v) is 64.1. The van der Waals surface area contributed by atoms with Gasteiger partial charge in [0.25, 0.3) is 0 Å². The van der Waals surface area contributed by atoms with Crippen molar-refractivity contribution in [2.75, 3.05) is 0 Å². The second-order valence-corrected chi connectivity index (χ2v) is 30.1. The fourth-order valence-electron chi connectivity index (χ4n) is 14.7. The van der Waals surface area contributed by atoms with Crippen molar-refractivity contribution in [3.8, 4) is 0 Å². The maximum absolute atomic E-state index is 15.4. The van der Waals surface area contributed by atoms with Gasteiger partial charge in [-0.3, -0.25) is 24.0 Å². The van der Waals surface area contributed by atoms with E-state index in [0.29, 0.717) is 57.8 Å². The molecular weight excluding hydrogens is 1170 g/mol. The van der Waals surface area contributed by atoms with Crippen LogP contribution in [0.2, 0.25) is 0 Å². The number of rotatable bonds is 71. The Morgan fingerprint density at radius 2 is 0.340 bits per heavy atom. The van der Waals surface area contributed by atoms with Crippen LogP contribution in [0.4, 0.5) is 0 Å². The van der Waals surface area contributed by atoms with Gasteiger partial charge in [-0.05, 0) is 57.8 Å². The van der Waals surface area contributed by atoms with Crippen molar-refractivity contribution in [2.24, 2.45) is 16.2 Å². The summed E-state index contributed by atoms with van der Waals surface area (Å²) >= 11 is 0. The number of esters is 6. The molecule has 0 radical (unpaired) electrons. The van der Waals surface area contributed by atoms with Gasteiger partial charge in [0.05, 0.1) is 29.1 Å². The van der Waals surface area contributed by atoms with Crippen LogP contribution in [0.25, 0.3) is 0 Å². The van der Waals surface area contributed by atoms with Gasteiger partial charge in [0.1, 0.15) is 0 Å². The smallest absolute Gasteiger partial charge is 0.347 e. The molecule has 0 saturated carbocycles. The van der Waals surface area contributed by atoms with E-state index in [2.05, 4.69) is 62.3 Å². The maximum atomic E-state index is 15.4. The maximum Gasteiger partial charge on any atom is 0.347 e. The second kappa shape index (κ2) is 62.6. The van der Waals surface area contributed by atoms with Gasteiger partial charge in [-0.1, -0.05) is 409 Å². The van der Waals surface area contributed by atoms with Gasteiger partial charge in [0, 0.05) is 0 Å². The molecule has 0 atom stereocenters. The lowest BCUT2D eigenvalue weighted by atomic mass is 9.73. The minimum Gasteiger partial charge on any atom is -0.393 e. The monoisotopic (exact) mass is 1330 g/mol. The van der Waals surface area contributed by atoms with E-state index in [-0.39, 0.29) is 0 Å². The molecule has 0 aliphatic heterocycles. The van der Waals surface area contributed by atoms with Gasteiger partial charge in [0.15, 0.2) is 5.60 Å². The molecule has 0 aliphatic carbocycles. The summed E-state index contributed by atoms with van der Waals surface area (Å²) in [7, 11) is 0. The molecule has 0 unspecified atom stereocenters. The number of carbonyl (C=O) groups is 6. The third kappa shape index (κ3) is 45.1. The van der Waals surface area contributed by atoms with Gasteiger partial charge >= 0.3 is 35.8 Å². The average molecular weight is 1330 g/mol. The number of ether oxygens (including phenoxy) is 3. The number of unbranched alkanes of at least 4 members (excludes halogenated alkanes) is 45. The molecule has 0 bridgehead atoms. The SMILES string of the molecule is CCCCCCCCC(CCCCCCCC)(CCCCCCCC)C(=O)OC(=O)CC(O)(CC(=O)OC(=O)C(CCCCCCCC)(CCCCCCCC)CCCCCCCC)C(=O)OC(=O)C(CCCCCCCC)(CCCCCCCC)CCCCCCCC. The van der Waals surface area contributed by atoms with Crippen LogP contribution in [-0.2, 0) is 43.0 Å². The topological polar surface area (TPSA) is 150 Å². The minimum atomic E-state index is -2.99. The van der Waals surface area contributed by atoms with Gasteiger partial charge in [0.2, 0.25) is 0 Å². The molecule has 10 heteroatoms. The van der Waals surface area contributed by atoms with Gasteiger partial charge in [-0.2, -0.15) is 0 Å². The summed E-state index contributed by atoms with van der Waals surface area (Å²) in [5.74, 6) is -5.76. The molecule has 94 heavy (non-hydrogen) atoms. The molecule has 0 aromatic carbocycles. The van der Waals surface area contributed by atoms with Crippen molar-refractivity contribution in [1.29, 1.82) is 0 Å². The summed E-state index contributed by atoms with van der Waals surface area (Å²) in [6.45, 7) is 19.8. The second-order valence-electron chi connectivity index (χ2n) is 30.1. The first-order valence-electron chi connectivity index (χ1n) is 41.6. The minimum absolute atomic E-state index is 0.524. The Kier molecular flexibility index (Phi) is 60.9. The summed E-state index contributed by atoms with van der Waals surface area (Å²) < 4.78 is 18.1. The van der Waals surface area contributed by atoms with Gasteiger partial charge < -0.3 is 19.3 Å². The van der Waals surface area contributed by atoms with Crippen LogP contribution in [0, 0.1) is 16.2 Å². The van der Waals surface area contributed by atoms with E-state index < -0.39 is 70.5 Å². The number of aliphatic hydroxyl groups is 1. The van der Waals surface area contributed by atoms with Crippen LogP contribution in [0.1, 0.15) is 480 Å². The molecule has 0 spiro atoms. The molecule has 0 aliphatic rings. The fourth-order valence-corrected chi connectivity index (χ4v) is 14.7. The van der Waals surface area contributed by atoms with E-state index in [1.807, 2.05) is 0 Å².